The zero-order valence-corrected chi connectivity index (χ0v) is 12.9. The van der Waals surface area contributed by atoms with Gasteiger partial charge in [0.15, 0.2) is 0 Å². The summed E-state index contributed by atoms with van der Waals surface area (Å²) in [4.78, 5) is 8.83. The molecular formula is C18H15N3O2. The Balaban J connectivity index is 1.99. The highest BCUT2D eigenvalue weighted by molar-refractivity contribution is 5.92. The van der Waals surface area contributed by atoms with E-state index < -0.39 is 0 Å². The van der Waals surface area contributed by atoms with Crippen molar-refractivity contribution in [2.75, 3.05) is 14.2 Å². The van der Waals surface area contributed by atoms with Crippen LogP contribution < -0.4 is 9.47 Å². The van der Waals surface area contributed by atoms with Crippen molar-refractivity contribution in [3.63, 3.8) is 0 Å². The predicted octanol–water partition coefficient (Wildman–Crippen LogP) is 3.59. The van der Waals surface area contributed by atoms with Crippen LogP contribution >= 0.6 is 0 Å². The summed E-state index contributed by atoms with van der Waals surface area (Å²) in [6.07, 6.45) is 3.57. The van der Waals surface area contributed by atoms with Crippen LogP contribution in [0.1, 0.15) is 0 Å². The Morgan fingerprint density at radius 3 is 2.65 bits per heavy atom. The van der Waals surface area contributed by atoms with E-state index in [-0.39, 0.29) is 0 Å². The van der Waals surface area contributed by atoms with Gasteiger partial charge in [-0.3, -0.25) is 0 Å². The first kappa shape index (κ1) is 13.6. The van der Waals surface area contributed by atoms with Gasteiger partial charge in [0, 0.05) is 23.0 Å². The second-order valence-electron chi connectivity index (χ2n) is 5.16. The smallest absolute Gasteiger partial charge is 0.148 e. The summed E-state index contributed by atoms with van der Waals surface area (Å²) < 4.78 is 12.8. The minimum atomic E-state index is 0.779. The van der Waals surface area contributed by atoms with Crippen molar-refractivity contribution in [3.05, 3.63) is 55.0 Å². The molecular weight excluding hydrogens is 290 g/mol. The van der Waals surface area contributed by atoms with E-state index in [0.717, 1.165) is 39.1 Å². The molecule has 2 aromatic heterocycles. The molecule has 0 saturated carbocycles. The molecule has 0 aliphatic rings. The fourth-order valence-corrected chi connectivity index (χ4v) is 2.84. The van der Waals surface area contributed by atoms with Gasteiger partial charge >= 0.3 is 0 Å². The zero-order chi connectivity index (χ0) is 15.8. The molecule has 2 aromatic carbocycles. The largest absolute Gasteiger partial charge is 0.497 e. The summed E-state index contributed by atoms with van der Waals surface area (Å²) in [5.74, 6) is 2.46. The van der Waals surface area contributed by atoms with Crippen LogP contribution in [0, 0.1) is 0 Å². The van der Waals surface area contributed by atoms with Gasteiger partial charge in [0.25, 0.3) is 0 Å². The summed E-state index contributed by atoms with van der Waals surface area (Å²) in [5.41, 5.74) is 1.89. The number of nitrogens with zero attached hydrogens (tertiary/aromatic N) is 3. The first-order valence-electron chi connectivity index (χ1n) is 7.25. The number of rotatable bonds is 3. The van der Waals surface area contributed by atoms with Crippen molar-refractivity contribution >= 4 is 21.8 Å². The lowest BCUT2D eigenvalue weighted by atomic mass is 10.2. The lowest BCUT2D eigenvalue weighted by Crippen LogP contribution is -1.98. The van der Waals surface area contributed by atoms with E-state index in [2.05, 4.69) is 16.0 Å². The van der Waals surface area contributed by atoms with E-state index in [0.29, 0.717) is 0 Å². The molecule has 0 atom stereocenters. The Labute approximate surface area is 133 Å². The van der Waals surface area contributed by atoms with Gasteiger partial charge in [0.1, 0.15) is 23.6 Å². The Morgan fingerprint density at radius 1 is 0.913 bits per heavy atom. The Hall–Kier alpha value is -3.08. The van der Waals surface area contributed by atoms with Gasteiger partial charge in [-0.25, -0.2) is 9.97 Å². The quantitative estimate of drug-likeness (QED) is 0.580. The van der Waals surface area contributed by atoms with Gasteiger partial charge in [-0.05, 0) is 30.3 Å². The molecule has 2 heterocycles. The van der Waals surface area contributed by atoms with Gasteiger partial charge in [-0.15, -0.1) is 0 Å². The van der Waals surface area contributed by atoms with Crippen molar-refractivity contribution in [2.24, 2.45) is 0 Å². The van der Waals surface area contributed by atoms with Crippen LogP contribution in [-0.2, 0) is 0 Å². The number of hydrogen-bond donors (Lipinski definition) is 0. The third-order valence-corrected chi connectivity index (χ3v) is 3.96. The highest BCUT2D eigenvalue weighted by atomic mass is 16.5. The van der Waals surface area contributed by atoms with Gasteiger partial charge in [-0.1, -0.05) is 6.07 Å². The molecule has 0 unspecified atom stereocenters. The normalized spacial score (nSPS) is 11.0. The average Bonchev–Trinajstić information content (AvgIpc) is 3.04. The van der Waals surface area contributed by atoms with Crippen LogP contribution in [0.3, 0.4) is 0 Å². The summed E-state index contributed by atoms with van der Waals surface area (Å²) in [6.45, 7) is 0. The second-order valence-corrected chi connectivity index (χ2v) is 5.16. The molecule has 4 aromatic rings. The summed E-state index contributed by atoms with van der Waals surface area (Å²) in [5, 5.41) is 2.02. The maximum absolute atomic E-state index is 5.43. The van der Waals surface area contributed by atoms with E-state index >= 15 is 0 Å². The van der Waals surface area contributed by atoms with Gasteiger partial charge in [-0.2, -0.15) is 0 Å². The molecule has 0 aliphatic heterocycles. The van der Waals surface area contributed by atoms with Crippen molar-refractivity contribution in [1.82, 2.24) is 14.5 Å². The molecule has 0 fully saturated rings. The molecule has 0 amide bonds. The topological polar surface area (TPSA) is 49.2 Å². The average molecular weight is 305 g/mol. The number of benzene rings is 2. The van der Waals surface area contributed by atoms with Gasteiger partial charge < -0.3 is 14.0 Å². The number of fused-ring (bicyclic) bond motifs is 2. The number of methoxy groups -OCH3 is 2. The van der Waals surface area contributed by atoms with E-state index in [1.165, 1.54) is 0 Å². The van der Waals surface area contributed by atoms with Crippen LogP contribution in [0.25, 0.3) is 27.6 Å². The van der Waals surface area contributed by atoms with Crippen LogP contribution in [0.2, 0.25) is 0 Å². The SMILES string of the molecule is COc1ccc2c(-n3ccc4c(OC)cccc43)ncnc2c1. The molecule has 0 bridgehead atoms. The fraction of sp³-hybridized carbons (Fsp3) is 0.111. The maximum Gasteiger partial charge on any atom is 0.148 e. The Bertz CT molecular complexity index is 1010. The summed E-state index contributed by atoms with van der Waals surface area (Å²) in [7, 11) is 3.33. The predicted molar refractivity (Wildman–Crippen MR) is 89.5 cm³/mol. The van der Waals surface area contributed by atoms with Crippen molar-refractivity contribution in [1.29, 1.82) is 0 Å². The zero-order valence-electron chi connectivity index (χ0n) is 12.9. The molecule has 0 N–H and O–H groups in total. The van der Waals surface area contributed by atoms with E-state index in [4.69, 9.17) is 9.47 Å². The fourth-order valence-electron chi connectivity index (χ4n) is 2.84. The standard InChI is InChI=1S/C18H15N3O2/c1-22-12-6-7-13-15(10-12)19-11-20-18(13)21-9-8-14-16(21)4-3-5-17(14)23-2/h3-11H,1-2H3. The van der Waals surface area contributed by atoms with Crippen LogP contribution in [0.5, 0.6) is 11.5 Å². The van der Waals surface area contributed by atoms with Crippen molar-refractivity contribution < 1.29 is 9.47 Å². The lowest BCUT2D eigenvalue weighted by molar-refractivity contribution is 0.415. The maximum atomic E-state index is 5.43. The van der Waals surface area contributed by atoms with Gasteiger partial charge in [0.2, 0.25) is 0 Å². The molecule has 0 aliphatic carbocycles. The first-order chi connectivity index (χ1) is 11.3. The van der Waals surface area contributed by atoms with E-state index in [1.54, 1.807) is 20.5 Å². The molecule has 0 radical (unpaired) electrons. The third-order valence-electron chi connectivity index (χ3n) is 3.96. The number of ether oxygens (including phenoxy) is 2. The monoisotopic (exact) mass is 305 g/mol. The van der Waals surface area contributed by atoms with Crippen molar-refractivity contribution in [2.45, 2.75) is 0 Å². The minimum Gasteiger partial charge on any atom is -0.497 e. The highest BCUT2D eigenvalue weighted by Gasteiger charge is 2.11. The van der Waals surface area contributed by atoms with Crippen LogP contribution in [-0.4, -0.2) is 28.8 Å². The van der Waals surface area contributed by atoms with Crippen LogP contribution in [0.15, 0.2) is 55.0 Å². The van der Waals surface area contributed by atoms with Gasteiger partial charge in [0.05, 0.1) is 25.3 Å². The molecule has 114 valence electrons. The first-order valence-corrected chi connectivity index (χ1v) is 7.25. The third kappa shape index (κ3) is 2.09. The molecule has 23 heavy (non-hydrogen) atoms. The lowest BCUT2D eigenvalue weighted by Gasteiger charge is -2.09. The Morgan fingerprint density at radius 2 is 1.83 bits per heavy atom. The van der Waals surface area contributed by atoms with Crippen molar-refractivity contribution in [3.8, 4) is 17.3 Å². The summed E-state index contributed by atoms with van der Waals surface area (Å²) in [6, 6.07) is 13.8. The van der Waals surface area contributed by atoms with E-state index in [9.17, 15) is 0 Å². The Kier molecular flexibility index (Phi) is 3.12. The molecule has 5 nitrogen and oxygen atoms in total. The molecule has 4 rings (SSSR count). The number of aromatic nitrogens is 3. The van der Waals surface area contributed by atoms with E-state index in [1.807, 2.05) is 47.2 Å². The summed E-state index contributed by atoms with van der Waals surface area (Å²) >= 11 is 0. The molecule has 0 saturated heterocycles. The molecule has 0 spiro atoms. The van der Waals surface area contributed by atoms with Crippen LogP contribution in [0.4, 0.5) is 0 Å². The minimum absolute atomic E-state index is 0.779. The molecule has 5 heteroatoms. The highest BCUT2D eigenvalue weighted by Crippen LogP contribution is 2.30. The number of hydrogen-bond acceptors (Lipinski definition) is 4. The second kappa shape index (κ2) is 5.28.